The Morgan fingerprint density at radius 1 is 0.308 bits per heavy atom. The molecule has 0 saturated heterocycles. The first-order chi connectivity index (χ1) is 50.6. The molecule has 0 saturated carbocycles. The van der Waals surface area contributed by atoms with Gasteiger partial charge in [-0.1, -0.05) is 0 Å². The Hall–Kier alpha value is -8.84. The number of nitrogens with one attached hydrogen (secondary N) is 5. The molecule has 0 fully saturated rings. The summed E-state index contributed by atoms with van der Waals surface area (Å²) in [5.41, 5.74) is -7.71. The number of carbonyl (C=O) groups excluding carboxylic acids is 4. The van der Waals surface area contributed by atoms with Crippen LogP contribution in [0, 0.1) is 10.1 Å². The van der Waals surface area contributed by atoms with Crippen molar-refractivity contribution in [3.63, 3.8) is 0 Å². The SMILES string of the molecule is O=C(O)CCOCC(COCCC(=O)O)(COCCC(=O)O)NC(=O)CCOCC(COCCC(=O)NC(COCCC(=O)O)(COCCC(=O)O)COCCC(=O)O)(COCCC(=O)NC(COCCC(=O)O)(COCCC(=O)O)COCCC(=O)O)NC(=O)CCCNS(=O)(=O)c1ccc([N+](=O)[O-])cc1. The number of nitro groups is 1. The molecule has 0 radical (unpaired) electrons. The summed E-state index contributed by atoms with van der Waals surface area (Å²) in [6.07, 6.45) is -7.27. The zero-order chi connectivity index (χ0) is 80.2. The highest BCUT2D eigenvalue weighted by atomic mass is 32.2. The van der Waals surface area contributed by atoms with Gasteiger partial charge in [-0.05, 0) is 18.6 Å². The van der Waals surface area contributed by atoms with Crippen LogP contribution in [0.25, 0.3) is 0 Å². The molecule has 0 unspecified atom stereocenters. The van der Waals surface area contributed by atoms with Crippen LogP contribution in [0.5, 0.6) is 0 Å². The average Bonchev–Trinajstić information content (AvgIpc) is 0.923. The number of hydrogen-bond donors (Lipinski definition) is 14. The predicted molar refractivity (Wildman–Crippen MR) is 355 cm³/mol. The van der Waals surface area contributed by atoms with Gasteiger partial charge in [0.05, 0.1) is 226 Å². The van der Waals surface area contributed by atoms with E-state index in [9.17, 15) is 127 Å². The Morgan fingerprint density at radius 3 is 0.664 bits per heavy atom. The largest absolute Gasteiger partial charge is 0.481 e. The summed E-state index contributed by atoms with van der Waals surface area (Å²) in [7, 11) is -4.34. The standard InChI is InChI=1S/C62H96N6O38S/c69-46(2-1-19-63-107(93,94)45-5-3-44(4-6-45)68(91)92)64-59(32-95-20-7-47(70)65-60(35-98-23-10-50(73)74,36-99-24-11-51(75)76)37-100-25-12-52(77)78,33-96-21-8-48(71)66-61(38-101-26-13-53(79)80,39-102-27-14-54(81)82)40-103-28-15-55(83)84)34-97-22-9-49(72)67-62(41-104-29-16-56(85)86,42-105-30-17-57(87)88)43-106-31-18-58(89)90/h3-6,63H,1-2,7-43H2,(H,64,69)(H,65,70)(H,66,71)(H,67,72)(H,73,74)(H,75,76)(H,77,78)(H,79,80)(H,81,82)(H,83,84)(H,85,86)(H,87,88)(H,89,90). The second kappa shape index (κ2) is 53.9. The molecule has 0 bridgehead atoms. The van der Waals surface area contributed by atoms with Crippen LogP contribution in [0.1, 0.15) is 89.9 Å². The summed E-state index contributed by atoms with van der Waals surface area (Å²) in [6.45, 7) is -13.1. The third kappa shape index (κ3) is 48.2. The van der Waals surface area contributed by atoms with Gasteiger partial charge in [-0.3, -0.25) is 72.4 Å². The summed E-state index contributed by atoms with van der Waals surface area (Å²) in [4.78, 5) is 169. The summed E-state index contributed by atoms with van der Waals surface area (Å²) < 4.78 is 96.8. The second-order valence-electron chi connectivity index (χ2n) is 23.7. The lowest BCUT2D eigenvalue weighted by Gasteiger charge is -2.35. The van der Waals surface area contributed by atoms with Crippen molar-refractivity contribution in [1.29, 1.82) is 0 Å². The number of carboxylic acid groups (broad SMARTS) is 9. The maximum absolute atomic E-state index is 14.2. The van der Waals surface area contributed by atoms with E-state index >= 15 is 0 Å². The zero-order valence-corrected chi connectivity index (χ0v) is 59.4. The summed E-state index contributed by atoms with van der Waals surface area (Å²) in [5.74, 6) is -14.9. The monoisotopic (exact) mass is 1560 g/mol. The van der Waals surface area contributed by atoms with E-state index in [0.29, 0.717) is 0 Å². The van der Waals surface area contributed by atoms with Crippen LogP contribution in [0.3, 0.4) is 0 Å². The quantitative estimate of drug-likeness (QED) is 0.0186. The van der Waals surface area contributed by atoms with Crippen LogP contribution < -0.4 is 26.0 Å². The number of sulfonamides is 1. The Bertz CT molecular complexity index is 2690. The number of carbonyl (C=O) groups is 13. The lowest BCUT2D eigenvalue weighted by atomic mass is 10.0. The number of benzene rings is 1. The van der Waals surface area contributed by atoms with Gasteiger partial charge in [-0.25, -0.2) is 13.1 Å². The Labute approximate surface area is 612 Å². The molecule has 4 amide bonds. The van der Waals surface area contributed by atoms with E-state index in [4.69, 9.17) is 56.8 Å². The molecule has 0 spiro atoms. The van der Waals surface area contributed by atoms with Crippen LogP contribution in [0.4, 0.5) is 5.69 Å². The third-order valence-electron chi connectivity index (χ3n) is 14.0. The van der Waals surface area contributed by atoms with Gasteiger partial charge in [0.15, 0.2) is 0 Å². The fourth-order valence-corrected chi connectivity index (χ4v) is 9.87. The highest BCUT2D eigenvalue weighted by Gasteiger charge is 2.39. The highest BCUT2D eigenvalue weighted by Crippen LogP contribution is 2.19. The minimum Gasteiger partial charge on any atom is -0.481 e. The molecule has 45 heteroatoms. The number of hydrogen-bond acceptors (Lipinski definition) is 29. The molecular formula is C62H96N6O38S. The predicted octanol–water partition coefficient (Wildman–Crippen LogP) is -2.28. The number of rotatable bonds is 71. The molecule has 0 aliphatic carbocycles. The fraction of sp³-hybridized carbons (Fsp3) is 0.694. The Morgan fingerprint density at radius 2 is 0.486 bits per heavy atom. The fourth-order valence-electron chi connectivity index (χ4n) is 8.79. The molecule has 0 aromatic heterocycles. The van der Waals surface area contributed by atoms with Gasteiger partial charge in [0, 0.05) is 44.4 Å². The average molecular weight is 1570 g/mol. The van der Waals surface area contributed by atoms with Crippen molar-refractivity contribution < 1.29 is 178 Å². The molecule has 0 aliphatic heterocycles. The van der Waals surface area contributed by atoms with Gasteiger partial charge < -0.3 is 124 Å². The Kier molecular flexibility index (Phi) is 48.4. The lowest BCUT2D eigenvalue weighted by Crippen LogP contribution is -2.60. The van der Waals surface area contributed by atoms with E-state index in [0.717, 1.165) is 24.3 Å². The first-order valence-electron chi connectivity index (χ1n) is 32.9. The van der Waals surface area contributed by atoms with E-state index in [-0.39, 0.29) is 11.3 Å². The molecule has 1 rings (SSSR count). The molecule has 14 N–H and O–H groups in total. The van der Waals surface area contributed by atoms with Gasteiger partial charge in [0.25, 0.3) is 5.69 Å². The number of nitro benzene ring substituents is 1. The molecule has 1 aromatic carbocycles. The van der Waals surface area contributed by atoms with Gasteiger partial charge in [-0.2, -0.15) is 0 Å². The molecule has 0 heterocycles. The summed E-state index contributed by atoms with van der Waals surface area (Å²) in [5, 5.41) is 105. The third-order valence-corrected chi connectivity index (χ3v) is 15.4. The normalized spacial score (nSPS) is 11.9. The topological polar surface area (TPSA) is 652 Å². The number of non-ortho nitro benzene ring substituents is 1. The van der Waals surface area contributed by atoms with Gasteiger partial charge in [0.1, 0.15) is 22.2 Å². The van der Waals surface area contributed by atoms with E-state index in [1.54, 1.807) is 0 Å². The maximum Gasteiger partial charge on any atom is 0.305 e. The number of amides is 4. The molecule has 608 valence electrons. The molecule has 0 atom stereocenters. The van der Waals surface area contributed by atoms with E-state index in [1.807, 2.05) is 0 Å². The zero-order valence-electron chi connectivity index (χ0n) is 58.6. The number of carboxylic acids is 9. The highest BCUT2D eigenvalue weighted by molar-refractivity contribution is 7.89. The number of aliphatic carboxylic acids is 9. The van der Waals surface area contributed by atoms with E-state index < -0.39 is 369 Å². The van der Waals surface area contributed by atoms with Crippen molar-refractivity contribution in [2.24, 2.45) is 0 Å². The lowest BCUT2D eigenvalue weighted by molar-refractivity contribution is -0.384. The second-order valence-corrected chi connectivity index (χ2v) is 25.5. The van der Waals surface area contributed by atoms with Crippen molar-refractivity contribution in [2.75, 3.05) is 165 Å². The first-order valence-corrected chi connectivity index (χ1v) is 34.4. The van der Waals surface area contributed by atoms with E-state index in [2.05, 4.69) is 26.0 Å². The van der Waals surface area contributed by atoms with Gasteiger partial charge in [0.2, 0.25) is 33.7 Å². The minimum atomic E-state index is -4.34. The summed E-state index contributed by atoms with van der Waals surface area (Å²) in [6, 6.07) is 3.83. The van der Waals surface area contributed by atoms with E-state index in [1.165, 1.54) is 0 Å². The van der Waals surface area contributed by atoms with Crippen molar-refractivity contribution in [2.45, 2.75) is 117 Å². The van der Waals surface area contributed by atoms with Crippen LogP contribution >= 0.6 is 0 Å². The smallest absolute Gasteiger partial charge is 0.305 e. The molecular weight excluding hydrogens is 1470 g/mol. The number of ether oxygens (including phenoxy) is 12. The van der Waals surface area contributed by atoms with Crippen LogP contribution in [0.2, 0.25) is 0 Å². The van der Waals surface area contributed by atoms with Crippen molar-refractivity contribution in [3.8, 4) is 0 Å². The summed E-state index contributed by atoms with van der Waals surface area (Å²) >= 11 is 0. The van der Waals surface area contributed by atoms with Gasteiger partial charge >= 0.3 is 53.7 Å². The van der Waals surface area contributed by atoms with Gasteiger partial charge in [-0.15, -0.1) is 0 Å². The molecule has 44 nitrogen and oxygen atoms in total. The first kappa shape index (κ1) is 96.2. The Balaban J connectivity index is 4.04. The maximum atomic E-state index is 14.2. The van der Waals surface area contributed by atoms with Crippen molar-refractivity contribution >= 4 is 93.1 Å². The number of nitrogens with zero attached hydrogens (tertiary/aromatic N) is 1. The van der Waals surface area contributed by atoms with Crippen LogP contribution in [-0.2, 0) is 129 Å². The van der Waals surface area contributed by atoms with Crippen LogP contribution in [0.15, 0.2) is 29.2 Å². The molecule has 1 aromatic rings. The minimum absolute atomic E-state index is 0.261. The van der Waals surface area contributed by atoms with Crippen LogP contribution in [-0.4, -0.2) is 324 Å². The molecule has 107 heavy (non-hydrogen) atoms. The van der Waals surface area contributed by atoms with Crippen molar-refractivity contribution in [3.05, 3.63) is 34.4 Å². The van der Waals surface area contributed by atoms with Crippen molar-refractivity contribution in [1.82, 2.24) is 26.0 Å². The molecule has 0 aliphatic rings.